The molecule has 2 amide bonds. The van der Waals surface area contributed by atoms with Gasteiger partial charge in [-0.2, -0.15) is 0 Å². The van der Waals surface area contributed by atoms with Gasteiger partial charge in [0.25, 0.3) is 11.8 Å². The topological polar surface area (TPSA) is 78.4 Å². The Morgan fingerprint density at radius 3 is 2.48 bits per heavy atom. The zero-order chi connectivity index (χ0) is 20.5. The summed E-state index contributed by atoms with van der Waals surface area (Å²) in [7, 11) is 0. The van der Waals surface area contributed by atoms with Gasteiger partial charge in [0, 0.05) is 34.2 Å². The molecular formula is C22H22N2O3S2. The molecule has 0 atom stereocenters. The van der Waals surface area contributed by atoms with Crippen molar-refractivity contribution in [3.8, 4) is 5.75 Å². The van der Waals surface area contributed by atoms with Crippen LogP contribution in [-0.4, -0.2) is 30.0 Å². The number of amides is 2. The largest absolute Gasteiger partial charge is 0.508 e. The first-order valence-electron chi connectivity index (χ1n) is 9.23. The molecule has 0 bridgehead atoms. The molecule has 2 aromatic carbocycles. The Morgan fingerprint density at radius 1 is 0.931 bits per heavy atom. The van der Waals surface area contributed by atoms with Gasteiger partial charge in [-0.3, -0.25) is 9.59 Å². The maximum absolute atomic E-state index is 12.5. The van der Waals surface area contributed by atoms with E-state index in [0.717, 1.165) is 10.6 Å². The fraction of sp³-hybridized carbons (Fsp3) is 0.182. The lowest BCUT2D eigenvalue weighted by Gasteiger charge is -2.10. The van der Waals surface area contributed by atoms with Crippen LogP contribution < -0.4 is 10.6 Å². The van der Waals surface area contributed by atoms with Crippen LogP contribution in [0.4, 0.5) is 0 Å². The number of phenolic OH excluding ortho intramolecular Hbond substituents is 1. The predicted octanol–water partition coefficient (Wildman–Crippen LogP) is 4.30. The van der Waals surface area contributed by atoms with Crippen molar-refractivity contribution in [2.45, 2.75) is 17.1 Å². The molecule has 0 saturated carbocycles. The Kier molecular flexibility index (Phi) is 7.72. The Bertz CT molecular complexity index is 958. The van der Waals surface area contributed by atoms with Gasteiger partial charge in [-0.1, -0.05) is 24.3 Å². The van der Waals surface area contributed by atoms with Gasteiger partial charge in [-0.15, -0.1) is 23.1 Å². The SMILES string of the molecule is O=C(NCCCNC(=O)c1ccccc1SCc1cccs1)c1cccc(O)c1. The van der Waals surface area contributed by atoms with E-state index >= 15 is 0 Å². The second-order valence-corrected chi connectivity index (χ2v) is 8.33. The highest BCUT2D eigenvalue weighted by atomic mass is 32.2. The second-order valence-electron chi connectivity index (χ2n) is 6.28. The minimum absolute atomic E-state index is 0.0560. The predicted molar refractivity (Wildman–Crippen MR) is 118 cm³/mol. The van der Waals surface area contributed by atoms with Gasteiger partial charge in [-0.25, -0.2) is 0 Å². The van der Waals surface area contributed by atoms with E-state index in [1.165, 1.54) is 17.0 Å². The summed E-state index contributed by atoms with van der Waals surface area (Å²) in [5.41, 5.74) is 1.07. The number of phenols is 1. The number of aromatic hydroxyl groups is 1. The summed E-state index contributed by atoms with van der Waals surface area (Å²) in [5.74, 6) is 0.532. The number of carbonyl (C=O) groups excluding carboxylic acids is 2. The van der Waals surface area contributed by atoms with E-state index in [-0.39, 0.29) is 17.6 Å². The fourth-order valence-electron chi connectivity index (χ4n) is 2.66. The van der Waals surface area contributed by atoms with Gasteiger partial charge in [0.1, 0.15) is 5.75 Å². The molecule has 0 radical (unpaired) electrons. The Labute approximate surface area is 178 Å². The van der Waals surface area contributed by atoms with E-state index in [4.69, 9.17) is 0 Å². The molecule has 29 heavy (non-hydrogen) atoms. The second kappa shape index (κ2) is 10.7. The van der Waals surface area contributed by atoms with Crippen molar-refractivity contribution >= 4 is 34.9 Å². The molecule has 0 spiro atoms. The van der Waals surface area contributed by atoms with Gasteiger partial charge in [0.05, 0.1) is 5.56 Å². The maximum atomic E-state index is 12.5. The lowest BCUT2D eigenvalue weighted by Crippen LogP contribution is -2.30. The third-order valence-corrected chi connectivity index (χ3v) is 6.30. The van der Waals surface area contributed by atoms with Crippen LogP contribution in [-0.2, 0) is 5.75 Å². The number of nitrogens with one attached hydrogen (secondary N) is 2. The molecule has 7 heteroatoms. The van der Waals surface area contributed by atoms with E-state index in [1.54, 1.807) is 35.2 Å². The number of thioether (sulfide) groups is 1. The van der Waals surface area contributed by atoms with Crippen LogP contribution in [0.15, 0.2) is 70.9 Å². The lowest BCUT2D eigenvalue weighted by molar-refractivity contribution is 0.0949. The van der Waals surface area contributed by atoms with Crippen LogP contribution in [0.25, 0.3) is 0 Å². The first kappa shape index (κ1) is 21.0. The summed E-state index contributed by atoms with van der Waals surface area (Å²) in [6.45, 7) is 0.895. The average Bonchev–Trinajstić information content (AvgIpc) is 3.25. The van der Waals surface area contributed by atoms with Crippen LogP contribution in [0.1, 0.15) is 32.0 Å². The smallest absolute Gasteiger partial charge is 0.252 e. The molecule has 0 aliphatic carbocycles. The zero-order valence-corrected chi connectivity index (χ0v) is 17.4. The summed E-state index contributed by atoms with van der Waals surface area (Å²) >= 11 is 3.36. The molecule has 0 aliphatic heterocycles. The van der Waals surface area contributed by atoms with Crippen molar-refractivity contribution in [2.75, 3.05) is 13.1 Å². The van der Waals surface area contributed by atoms with E-state index < -0.39 is 0 Å². The number of rotatable bonds is 9. The molecule has 0 saturated heterocycles. The molecule has 150 valence electrons. The van der Waals surface area contributed by atoms with Crippen molar-refractivity contribution in [1.29, 1.82) is 0 Å². The quantitative estimate of drug-likeness (QED) is 0.352. The minimum atomic E-state index is -0.248. The molecule has 0 unspecified atom stereocenters. The van der Waals surface area contributed by atoms with Crippen LogP contribution in [0.3, 0.4) is 0 Å². The normalized spacial score (nSPS) is 10.5. The highest BCUT2D eigenvalue weighted by molar-refractivity contribution is 7.98. The number of thiophene rings is 1. The standard InChI is InChI=1S/C22H22N2O3S2/c25-17-7-3-6-16(14-17)21(26)23-11-5-12-24-22(27)19-9-1-2-10-20(19)29-15-18-8-4-13-28-18/h1-4,6-10,13-14,25H,5,11-12,15H2,(H,23,26)(H,24,27). The van der Waals surface area contributed by atoms with Crippen molar-refractivity contribution in [2.24, 2.45) is 0 Å². The Hall–Kier alpha value is -2.77. The van der Waals surface area contributed by atoms with Crippen LogP contribution in [0.5, 0.6) is 5.75 Å². The highest BCUT2D eigenvalue weighted by Gasteiger charge is 2.11. The summed E-state index contributed by atoms with van der Waals surface area (Å²) in [5, 5.41) is 17.2. The van der Waals surface area contributed by atoms with Gasteiger partial charge in [0.2, 0.25) is 0 Å². The zero-order valence-electron chi connectivity index (χ0n) is 15.8. The van der Waals surface area contributed by atoms with E-state index in [1.807, 2.05) is 35.7 Å². The first-order chi connectivity index (χ1) is 14.1. The molecule has 5 nitrogen and oxygen atoms in total. The maximum Gasteiger partial charge on any atom is 0.252 e. The Morgan fingerprint density at radius 2 is 1.72 bits per heavy atom. The summed E-state index contributed by atoms with van der Waals surface area (Å²) in [6.07, 6.45) is 0.612. The van der Waals surface area contributed by atoms with Gasteiger partial charge in [0.15, 0.2) is 0 Å². The number of hydrogen-bond donors (Lipinski definition) is 3. The lowest BCUT2D eigenvalue weighted by atomic mass is 10.2. The van der Waals surface area contributed by atoms with Crippen molar-refractivity contribution in [3.05, 3.63) is 82.0 Å². The van der Waals surface area contributed by atoms with E-state index in [2.05, 4.69) is 16.7 Å². The average molecular weight is 427 g/mol. The van der Waals surface area contributed by atoms with Crippen molar-refractivity contribution in [3.63, 3.8) is 0 Å². The number of carbonyl (C=O) groups is 2. The molecule has 1 heterocycles. The molecular weight excluding hydrogens is 404 g/mol. The summed E-state index contributed by atoms with van der Waals surface area (Å²) in [6, 6.07) is 17.9. The number of hydrogen-bond acceptors (Lipinski definition) is 5. The molecule has 3 N–H and O–H groups in total. The van der Waals surface area contributed by atoms with Crippen molar-refractivity contribution < 1.29 is 14.7 Å². The van der Waals surface area contributed by atoms with Crippen molar-refractivity contribution in [1.82, 2.24) is 10.6 Å². The van der Waals surface area contributed by atoms with Gasteiger partial charge < -0.3 is 15.7 Å². The molecule has 0 aliphatic rings. The van der Waals surface area contributed by atoms with E-state index in [0.29, 0.717) is 30.6 Å². The van der Waals surface area contributed by atoms with E-state index in [9.17, 15) is 14.7 Å². The molecule has 1 aromatic heterocycles. The highest BCUT2D eigenvalue weighted by Crippen LogP contribution is 2.27. The van der Waals surface area contributed by atoms with Gasteiger partial charge in [-0.05, 0) is 48.2 Å². The monoisotopic (exact) mass is 426 g/mol. The summed E-state index contributed by atoms with van der Waals surface area (Å²) < 4.78 is 0. The third kappa shape index (κ3) is 6.37. The molecule has 3 aromatic rings. The van der Waals surface area contributed by atoms with Crippen LogP contribution in [0.2, 0.25) is 0 Å². The van der Waals surface area contributed by atoms with Crippen LogP contribution >= 0.6 is 23.1 Å². The summed E-state index contributed by atoms with van der Waals surface area (Å²) in [4.78, 5) is 26.8. The van der Waals surface area contributed by atoms with Gasteiger partial charge >= 0.3 is 0 Å². The number of benzene rings is 2. The van der Waals surface area contributed by atoms with Crippen LogP contribution in [0, 0.1) is 0 Å². The molecule has 0 fully saturated rings. The first-order valence-corrected chi connectivity index (χ1v) is 11.1. The molecule has 3 rings (SSSR count). The third-order valence-electron chi connectivity index (χ3n) is 4.11. The fourth-order valence-corrected chi connectivity index (χ4v) is 4.48. The minimum Gasteiger partial charge on any atom is -0.508 e. The Balaban J connectivity index is 1.43.